The number of furan rings is 1. The quantitative estimate of drug-likeness (QED) is 0.470. The highest BCUT2D eigenvalue weighted by atomic mass is 19.1. The number of ether oxygens (including phenoxy) is 2. The SMILES string of the molecule is CCC(CN=C(NCCc1ccco1)NCC1CCOC1)Oc1cccc(F)c1. The third kappa shape index (κ3) is 7.42. The number of rotatable bonds is 10. The van der Waals surface area contributed by atoms with Gasteiger partial charge in [0.1, 0.15) is 23.4 Å². The lowest BCUT2D eigenvalue weighted by atomic mass is 10.1. The van der Waals surface area contributed by atoms with Gasteiger partial charge in [0.25, 0.3) is 0 Å². The highest BCUT2D eigenvalue weighted by Gasteiger charge is 2.16. The molecular formula is C22H30FN3O3. The number of hydrogen-bond acceptors (Lipinski definition) is 4. The second kappa shape index (κ2) is 11.5. The molecule has 1 aliphatic heterocycles. The van der Waals surface area contributed by atoms with E-state index in [0.717, 1.165) is 50.7 Å². The third-order valence-electron chi connectivity index (χ3n) is 4.83. The minimum absolute atomic E-state index is 0.129. The van der Waals surface area contributed by atoms with Gasteiger partial charge in [-0.2, -0.15) is 0 Å². The molecule has 2 unspecified atom stereocenters. The van der Waals surface area contributed by atoms with Crippen molar-refractivity contribution in [2.75, 3.05) is 32.8 Å². The van der Waals surface area contributed by atoms with Gasteiger partial charge >= 0.3 is 0 Å². The van der Waals surface area contributed by atoms with E-state index in [1.165, 1.54) is 12.1 Å². The first-order valence-corrected chi connectivity index (χ1v) is 10.3. The zero-order valence-corrected chi connectivity index (χ0v) is 16.9. The van der Waals surface area contributed by atoms with Gasteiger partial charge in [-0.25, -0.2) is 9.38 Å². The number of halogens is 1. The second-order valence-corrected chi connectivity index (χ2v) is 7.16. The zero-order valence-electron chi connectivity index (χ0n) is 16.9. The minimum atomic E-state index is -0.304. The average molecular weight is 403 g/mol. The summed E-state index contributed by atoms with van der Waals surface area (Å²) in [6.45, 7) is 5.64. The van der Waals surface area contributed by atoms with E-state index >= 15 is 0 Å². The molecule has 0 aliphatic carbocycles. The van der Waals surface area contributed by atoms with Gasteiger partial charge in [0, 0.05) is 38.1 Å². The number of aliphatic imine (C=N–C) groups is 1. The summed E-state index contributed by atoms with van der Waals surface area (Å²) >= 11 is 0. The molecule has 0 bridgehead atoms. The van der Waals surface area contributed by atoms with Crippen LogP contribution in [0.25, 0.3) is 0 Å². The van der Waals surface area contributed by atoms with Gasteiger partial charge < -0.3 is 24.5 Å². The Labute approximate surface area is 171 Å². The van der Waals surface area contributed by atoms with Gasteiger partial charge in [0.2, 0.25) is 0 Å². The highest BCUT2D eigenvalue weighted by molar-refractivity contribution is 5.79. The lowest BCUT2D eigenvalue weighted by Gasteiger charge is -2.18. The smallest absolute Gasteiger partial charge is 0.191 e. The van der Waals surface area contributed by atoms with E-state index in [0.29, 0.717) is 24.8 Å². The van der Waals surface area contributed by atoms with Crippen LogP contribution in [0.5, 0.6) is 5.75 Å². The number of hydrogen-bond donors (Lipinski definition) is 2. The van der Waals surface area contributed by atoms with Gasteiger partial charge in [0.15, 0.2) is 5.96 Å². The van der Waals surface area contributed by atoms with Crippen LogP contribution >= 0.6 is 0 Å². The standard InChI is InChI=1S/C22H30FN3O3/c1-2-19(29-21-6-3-5-18(23)13-21)15-26-22(25-14-17-9-12-27-16-17)24-10-8-20-7-4-11-28-20/h3-7,11,13,17,19H,2,8-10,12,14-16H2,1H3,(H2,24,25,26). The van der Waals surface area contributed by atoms with Crippen LogP contribution in [0.4, 0.5) is 4.39 Å². The molecule has 1 aliphatic rings. The molecular weight excluding hydrogens is 373 g/mol. The summed E-state index contributed by atoms with van der Waals surface area (Å²) in [5.41, 5.74) is 0. The van der Waals surface area contributed by atoms with E-state index in [-0.39, 0.29) is 11.9 Å². The molecule has 2 N–H and O–H groups in total. The van der Waals surface area contributed by atoms with Crippen molar-refractivity contribution in [3.05, 3.63) is 54.2 Å². The zero-order chi connectivity index (χ0) is 20.3. The van der Waals surface area contributed by atoms with Crippen LogP contribution in [0.15, 0.2) is 52.1 Å². The summed E-state index contributed by atoms with van der Waals surface area (Å²) < 4.78 is 30.1. The van der Waals surface area contributed by atoms with Crippen molar-refractivity contribution in [3.63, 3.8) is 0 Å². The Morgan fingerprint density at radius 2 is 2.24 bits per heavy atom. The molecule has 6 nitrogen and oxygen atoms in total. The van der Waals surface area contributed by atoms with E-state index < -0.39 is 0 Å². The Balaban J connectivity index is 1.54. The average Bonchev–Trinajstić information content (AvgIpc) is 3.42. The minimum Gasteiger partial charge on any atom is -0.488 e. The van der Waals surface area contributed by atoms with Crippen molar-refractivity contribution in [1.82, 2.24) is 10.6 Å². The first-order valence-electron chi connectivity index (χ1n) is 10.3. The molecule has 0 radical (unpaired) electrons. The van der Waals surface area contributed by atoms with Crippen LogP contribution < -0.4 is 15.4 Å². The van der Waals surface area contributed by atoms with E-state index in [2.05, 4.69) is 10.6 Å². The Morgan fingerprint density at radius 3 is 2.97 bits per heavy atom. The molecule has 7 heteroatoms. The van der Waals surface area contributed by atoms with Crippen molar-refractivity contribution in [3.8, 4) is 5.75 Å². The molecule has 3 rings (SSSR count). The fourth-order valence-corrected chi connectivity index (χ4v) is 3.09. The Kier molecular flexibility index (Phi) is 8.37. The predicted molar refractivity (Wildman–Crippen MR) is 111 cm³/mol. The van der Waals surface area contributed by atoms with E-state index in [1.54, 1.807) is 18.4 Å². The number of nitrogens with zero attached hydrogens (tertiary/aromatic N) is 1. The van der Waals surface area contributed by atoms with Crippen molar-refractivity contribution in [1.29, 1.82) is 0 Å². The van der Waals surface area contributed by atoms with Crippen molar-refractivity contribution < 1.29 is 18.3 Å². The highest BCUT2D eigenvalue weighted by Crippen LogP contribution is 2.15. The number of nitrogens with one attached hydrogen (secondary N) is 2. The first-order chi connectivity index (χ1) is 14.2. The molecule has 158 valence electrons. The second-order valence-electron chi connectivity index (χ2n) is 7.16. The lowest BCUT2D eigenvalue weighted by molar-refractivity contribution is 0.186. The maximum Gasteiger partial charge on any atom is 0.191 e. The summed E-state index contributed by atoms with van der Waals surface area (Å²) in [6.07, 6.45) is 4.16. The van der Waals surface area contributed by atoms with E-state index in [1.807, 2.05) is 19.1 Å². The van der Waals surface area contributed by atoms with Crippen LogP contribution in [0, 0.1) is 11.7 Å². The largest absolute Gasteiger partial charge is 0.488 e. The first kappa shape index (κ1) is 21.2. The maximum absolute atomic E-state index is 13.4. The summed E-state index contributed by atoms with van der Waals surface area (Å²) in [4.78, 5) is 4.70. The fraction of sp³-hybridized carbons (Fsp3) is 0.500. The molecule has 29 heavy (non-hydrogen) atoms. The van der Waals surface area contributed by atoms with E-state index in [4.69, 9.17) is 18.9 Å². The molecule has 1 aromatic carbocycles. The topological polar surface area (TPSA) is 68.0 Å². The maximum atomic E-state index is 13.4. The van der Waals surface area contributed by atoms with E-state index in [9.17, 15) is 4.39 Å². The van der Waals surface area contributed by atoms with Crippen LogP contribution in [0.1, 0.15) is 25.5 Å². The molecule has 2 heterocycles. The molecule has 1 saturated heterocycles. The summed E-state index contributed by atoms with van der Waals surface area (Å²) in [5.74, 6) is 2.39. The van der Waals surface area contributed by atoms with Crippen molar-refractivity contribution in [2.24, 2.45) is 10.9 Å². The van der Waals surface area contributed by atoms with Crippen LogP contribution in [-0.2, 0) is 11.2 Å². The van der Waals surface area contributed by atoms with Gasteiger partial charge in [-0.15, -0.1) is 0 Å². The summed E-state index contributed by atoms with van der Waals surface area (Å²) in [5, 5.41) is 6.76. The van der Waals surface area contributed by atoms with Gasteiger partial charge in [-0.1, -0.05) is 13.0 Å². The van der Waals surface area contributed by atoms with Crippen LogP contribution in [0.2, 0.25) is 0 Å². The Morgan fingerprint density at radius 1 is 1.31 bits per heavy atom. The number of benzene rings is 1. The molecule has 2 aromatic rings. The van der Waals surface area contributed by atoms with Crippen LogP contribution in [-0.4, -0.2) is 44.9 Å². The van der Waals surface area contributed by atoms with Gasteiger partial charge in [-0.3, -0.25) is 0 Å². The number of guanidine groups is 1. The summed E-state index contributed by atoms with van der Waals surface area (Å²) in [6, 6.07) is 10.1. The fourth-order valence-electron chi connectivity index (χ4n) is 3.09. The molecule has 0 saturated carbocycles. The molecule has 1 aromatic heterocycles. The van der Waals surface area contributed by atoms with Crippen LogP contribution in [0.3, 0.4) is 0 Å². The monoisotopic (exact) mass is 403 g/mol. The molecule has 1 fully saturated rings. The Hall–Kier alpha value is -2.54. The predicted octanol–water partition coefficient (Wildman–Crippen LogP) is 3.39. The Bertz CT molecular complexity index is 746. The third-order valence-corrected chi connectivity index (χ3v) is 4.83. The molecule has 0 amide bonds. The normalized spacial score (nSPS) is 17.9. The van der Waals surface area contributed by atoms with Crippen molar-refractivity contribution in [2.45, 2.75) is 32.3 Å². The van der Waals surface area contributed by atoms with Crippen molar-refractivity contribution >= 4 is 5.96 Å². The lowest BCUT2D eigenvalue weighted by Crippen LogP contribution is -2.41. The van der Waals surface area contributed by atoms with Gasteiger partial charge in [-0.05, 0) is 37.1 Å². The summed E-state index contributed by atoms with van der Waals surface area (Å²) in [7, 11) is 0. The molecule has 0 spiro atoms. The molecule has 2 atom stereocenters. The van der Waals surface area contributed by atoms with Gasteiger partial charge in [0.05, 0.1) is 19.4 Å².